The zero-order valence-corrected chi connectivity index (χ0v) is 18.1. The molecule has 2 aromatic rings. The van der Waals surface area contributed by atoms with Crippen LogP contribution in [-0.2, 0) is 0 Å². The summed E-state index contributed by atoms with van der Waals surface area (Å²) in [6.45, 7) is 7.06. The smallest absolute Gasteiger partial charge is 0.256 e. The molecule has 0 spiro atoms. The summed E-state index contributed by atoms with van der Waals surface area (Å²) >= 11 is 5.76. The highest BCUT2D eigenvalue weighted by molar-refractivity contribution is 6.30. The summed E-state index contributed by atoms with van der Waals surface area (Å²) in [6.07, 6.45) is -0.638. The summed E-state index contributed by atoms with van der Waals surface area (Å²) in [6, 6.07) is 11.9. The number of hydrogen-bond donors (Lipinski definition) is 1. The second kappa shape index (κ2) is 10.2. The fourth-order valence-electron chi connectivity index (χ4n) is 3.59. The molecule has 1 fully saturated rings. The SMILES string of the molecule is CC(C)c1ccccc1OCC(O)CN1CCN(C(=O)c2ccc(Cl)cc2F)CC1. The van der Waals surface area contributed by atoms with E-state index in [1.807, 2.05) is 24.3 Å². The van der Waals surface area contributed by atoms with Crippen molar-refractivity contribution in [2.45, 2.75) is 25.9 Å². The number of aliphatic hydroxyl groups excluding tert-OH is 1. The van der Waals surface area contributed by atoms with Gasteiger partial charge in [0.15, 0.2) is 0 Å². The summed E-state index contributed by atoms with van der Waals surface area (Å²) in [5.41, 5.74) is 1.15. The molecule has 162 valence electrons. The first-order chi connectivity index (χ1) is 14.3. The summed E-state index contributed by atoms with van der Waals surface area (Å²) < 4.78 is 19.9. The number of carbonyl (C=O) groups excluding carboxylic acids is 1. The zero-order valence-electron chi connectivity index (χ0n) is 17.4. The second-order valence-electron chi connectivity index (χ2n) is 7.87. The highest BCUT2D eigenvalue weighted by Crippen LogP contribution is 2.26. The van der Waals surface area contributed by atoms with Crippen LogP contribution in [0.4, 0.5) is 4.39 Å². The third-order valence-electron chi connectivity index (χ3n) is 5.26. The van der Waals surface area contributed by atoms with Crippen molar-refractivity contribution in [2.24, 2.45) is 0 Å². The molecule has 1 atom stereocenters. The molecule has 30 heavy (non-hydrogen) atoms. The Balaban J connectivity index is 1.47. The van der Waals surface area contributed by atoms with Crippen molar-refractivity contribution in [3.05, 3.63) is 64.4 Å². The van der Waals surface area contributed by atoms with Crippen LogP contribution in [0.15, 0.2) is 42.5 Å². The maximum Gasteiger partial charge on any atom is 0.256 e. The van der Waals surface area contributed by atoms with Gasteiger partial charge in [0.25, 0.3) is 5.91 Å². The maximum absolute atomic E-state index is 14.0. The Morgan fingerprint density at radius 2 is 1.87 bits per heavy atom. The molecule has 7 heteroatoms. The predicted octanol–water partition coefficient (Wildman–Crippen LogP) is 3.80. The number of ether oxygens (including phenoxy) is 1. The van der Waals surface area contributed by atoms with E-state index in [0.717, 1.165) is 17.4 Å². The number of halogens is 2. The van der Waals surface area contributed by atoms with Gasteiger partial charge < -0.3 is 14.7 Å². The van der Waals surface area contributed by atoms with E-state index in [9.17, 15) is 14.3 Å². The van der Waals surface area contributed by atoms with Crippen LogP contribution in [0.2, 0.25) is 5.02 Å². The molecule has 0 saturated carbocycles. The molecule has 1 unspecified atom stereocenters. The van der Waals surface area contributed by atoms with Crippen molar-refractivity contribution in [3.8, 4) is 5.75 Å². The molecule has 1 amide bonds. The molecule has 3 rings (SSSR count). The van der Waals surface area contributed by atoms with Gasteiger partial charge in [0.2, 0.25) is 0 Å². The zero-order chi connectivity index (χ0) is 21.7. The molecule has 1 aliphatic rings. The molecule has 1 N–H and O–H groups in total. The predicted molar refractivity (Wildman–Crippen MR) is 116 cm³/mol. The second-order valence-corrected chi connectivity index (χ2v) is 8.31. The van der Waals surface area contributed by atoms with Gasteiger partial charge >= 0.3 is 0 Å². The van der Waals surface area contributed by atoms with Crippen LogP contribution in [0, 0.1) is 5.82 Å². The summed E-state index contributed by atoms with van der Waals surface area (Å²) in [5.74, 6) is 0.198. The molecule has 5 nitrogen and oxygen atoms in total. The first kappa shape index (κ1) is 22.5. The van der Waals surface area contributed by atoms with Crippen molar-refractivity contribution in [1.82, 2.24) is 9.80 Å². The number of benzene rings is 2. The lowest BCUT2D eigenvalue weighted by atomic mass is 10.0. The van der Waals surface area contributed by atoms with Crippen LogP contribution < -0.4 is 4.74 Å². The molecule has 1 aliphatic heterocycles. The lowest BCUT2D eigenvalue weighted by Crippen LogP contribution is -2.51. The van der Waals surface area contributed by atoms with Gasteiger partial charge in [-0.25, -0.2) is 4.39 Å². The fourth-order valence-corrected chi connectivity index (χ4v) is 3.75. The van der Waals surface area contributed by atoms with Crippen LogP contribution in [0.5, 0.6) is 5.75 Å². The number of β-amino-alcohol motifs (C(OH)–C–C–N with tert-alkyl or cyclic N) is 1. The lowest BCUT2D eigenvalue weighted by Gasteiger charge is -2.35. The van der Waals surface area contributed by atoms with Gasteiger partial charge in [0.1, 0.15) is 24.3 Å². The van der Waals surface area contributed by atoms with Gasteiger partial charge in [-0.05, 0) is 35.7 Å². The molecule has 0 aromatic heterocycles. The largest absolute Gasteiger partial charge is 0.491 e. The van der Waals surface area contributed by atoms with Gasteiger partial charge in [0, 0.05) is 37.7 Å². The average Bonchev–Trinajstić information content (AvgIpc) is 2.72. The Morgan fingerprint density at radius 3 is 2.53 bits per heavy atom. The molecule has 1 saturated heterocycles. The van der Waals surface area contributed by atoms with Crippen LogP contribution in [-0.4, -0.2) is 66.2 Å². The third-order valence-corrected chi connectivity index (χ3v) is 5.50. The summed E-state index contributed by atoms with van der Waals surface area (Å²) in [4.78, 5) is 16.3. The Kier molecular flexibility index (Phi) is 7.69. The molecular formula is C23H28ClFN2O3. The first-order valence-corrected chi connectivity index (χ1v) is 10.6. The van der Waals surface area contributed by atoms with Crippen LogP contribution >= 0.6 is 11.6 Å². The highest BCUT2D eigenvalue weighted by Gasteiger charge is 2.25. The Labute approximate surface area is 182 Å². The lowest BCUT2D eigenvalue weighted by molar-refractivity contribution is 0.0400. The van der Waals surface area contributed by atoms with Crippen molar-refractivity contribution < 1.29 is 19.0 Å². The molecular weight excluding hydrogens is 407 g/mol. The number of nitrogens with zero attached hydrogens (tertiary/aromatic N) is 2. The van der Waals surface area contributed by atoms with E-state index >= 15 is 0 Å². The average molecular weight is 435 g/mol. The monoisotopic (exact) mass is 434 g/mol. The van der Waals surface area contributed by atoms with Crippen molar-refractivity contribution in [3.63, 3.8) is 0 Å². The van der Waals surface area contributed by atoms with Crippen LogP contribution in [0.25, 0.3) is 0 Å². The number of para-hydroxylation sites is 1. The van der Waals surface area contributed by atoms with Crippen LogP contribution in [0.1, 0.15) is 35.7 Å². The number of rotatable bonds is 7. The van der Waals surface area contributed by atoms with Crippen molar-refractivity contribution >= 4 is 17.5 Å². The summed E-state index contributed by atoms with van der Waals surface area (Å²) in [7, 11) is 0. The number of piperazine rings is 1. The van der Waals surface area contributed by atoms with Crippen molar-refractivity contribution in [2.75, 3.05) is 39.3 Å². The minimum atomic E-state index is -0.638. The van der Waals surface area contributed by atoms with Crippen LogP contribution in [0.3, 0.4) is 0 Å². The Morgan fingerprint density at radius 1 is 1.17 bits per heavy atom. The molecule has 0 aliphatic carbocycles. The molecule has 1 heterocycles. The highest BCUT2D eigenvalue weighted by atomic mass is 35.5. The van der Waals surface area contributed by atoms with E-state index in [1.165, 1.54) is 12.1 Å². The summed E-state index contributed by atoms with van der Waals surface area (Å²) in [5, 5.41) is 10.7. The molecule has 0 bridgehead atoms. The number of aliphatic hydroxyl groups is 1. The van der Waals surface area contributed by atoms with E-state index in [2.05, 4.69) is 18.7 Å². The van der Waals surface area contributed by atoms with E-state index in [1.54, 1.807) is 4.90 Å². The van der Waals surface area contributed by atoms with E-state index < -0.39 is 11.9 Å². The van der Waals surface area contributed by atoms with Gasteiger partial charge in [-0.15, -0.1) is 0 Å². The third kappa shape index (κ3) is 5.72. The number of carbonyl (C=O) groups is 1. The molecule has 2 aromatic carbocycles. The quantitative estimate of drug-likeness (QED) is 0.720. The Hall–Kier alpha value is -2.15. The molecule has 0 radical (unpaired) electrons. The minimum absolute atomic E-state index is 0.0325. The maximum atomic E-state index is 14.0. The Bertz CT molecular complexity index is 869. The van der Waals surface area contributed by atoms with E-state index in [0.29, 0.717) is 38.6 Å². The van der Waals surface area contributed by atoms with E-state index in [-0.39, 0.29) is 23.1 Å². The first-order valence-electron chi connectivity index (χ1n) is 10.2. The number of amides is 1. The van der Waals surface area contributed by atoms with Crippen molar-refractivity contribution in [1.29, 1.82) is 0 Å². The van der Waals surface area contributed by atoms with Gasteiger partial charge in [-0.2, -0.15) is 0 Å². The standard InChI is InChI=1S/C23H28ClFN2O3/c1-16(2)19-5-3-4-6-22(19)30-15-18(28)14-26-9-11-27(12-10-26)23(29)20-8-7-17(24)13-21(20)25/h3-8,13,16,18,28H,9-12,14-15H2,1-2H3. The topological polar surface area (TPSA) is 53.0 Å². The fraction of sp³-hybridized carbons (Fsp3) is 0.435. The van der Waals surface area contributed by atoms with Gasteiger partial charge in [-0.3, -0.25) is 9.69 Å². The van der Waals surface area contributed by atoms with Gasteiger partial charge in [-0.1, -0.05) is 43.6 Å². The van der Waals surface area contributed by atoms with Gasteiger partial charge in [0.05, 0.1) is 5.56 Å². The van der Waals surface area contributed by atoms with E-state index in [4.69, 9.17) is 16.3 Å². The minimum Gasteiger partial charge on any atom is -0.491 e. The normalized spacial score (nSPS) is 16.0. The number of hydrogen-bond acceptors (Lipinski definition) is 4.